The molecule has 2 aliphatic heterocycles. The Bertz CT molecular complexity index is 286. The number of ether oxygens (including phenoxy) is 1. The van der Waals surface area contributed by atoms with Crippen LogP contribution in [0.5, 0.6) is 0 Å². The summed E-state index contributed by atoms with van der Waals surface area (Å²) in [5.74, 6) is -0.0909. The largest absolute Gasteiger partial charge is 0.371 e. The van der Waals surface area contributed by atoms with E-state index < -0.39 is 0 Å². The number of nitrogens with zero attached hydrogens (tertiary/aromatic N) is 1. The molecule has 0 aromatic carbocycles. The van der Waals surface area contributed by atoms with Crippen LogP contribution in [0.25, 0.3) is 0 Å². The first-order chi connectivity index (χ1) is 7.69. The van der Waals surface area contributed by atoms with E-state index in [9.17, 15) is 9.59 Å². The first-order valence-electron chi connectivity index (χ1n) is 5.49. The van der Waals surface area contributed by atoms with Crippen LogP contribution in [0.3, 0.4) is 0 Å². The molecular weight excluding hydrogens is 232 g/mol. The van der Waals surface area contributed by atoms with Gasteiger partial charge in [-0.25, -0.2) is 4.79 Å². The van der Waals surface area contributed by atoms with E-state index in [2.05, 4.69) is 5.32 Å². The quantitative estimate of drug-likeness (QED) is 0.731. The molecule has 2 fully saturated rings. The van der Waals surface area contributed by atoms with Crippen LogP contribution in [0.4, 0.5) is 4.79 Å². The summed E-state index contributed by atoms with van der Waals surface area (Å²) in [6, 6.07) is -0.324. The van der Waals surface area contributed by atoms with Crippen LogP contribution >= 0.6 is 11.6 Å². The highest BCUT2D eigenvalue weighted by atomic mass is 35.5. The van der Waals surface area contributed by atoms with Crippen molar-refractivity contribution in [3.8, 4) is 0 Å². The molecule has 2 saturated heterocycles. The highest BCUT2D eigenvalue weighted by Gasteiger charge is 2.35. The number of morpholine rings is 1. The second-order valence-electron chi connectivity index (χ2n) is 4.15. The molecule has 16 heavy (non-hydrogen) atoms. The number of imide groups is 1. The third-order valence-corrected chi connectivity index (χ3v) is 3.09. The van der Waals surface area contributed by atoms with Crippen LogP contribution in [0.2, 0.25) is 0 Å². The molecule has 0 aromatic heterocycles. The van der Waals surface area contributed by atoms with Crippen LogP contribution in [-0.2, 0) is 9.53 Å². The summed E-state index contributed by atoms with van der Waals surface area (Å²) in [5, 5.41) is 2.33. The zero-order chi connectivity index (χ0) is 11.5. The van der Waals surface area contributed by atoms with Gasteiger partial charge in [-0.2, -0.15) is 0 Å². The van der Waals surface area contributed by atoms with E-state index in [0.29, 0.717) is 13.1 Å². The van der Waals surface area contributed by atoms with Gasteiger partial charge < -0.3 is 9.64 Å². The monoisotopic (exact) mass is 246 g/mol. The Morgan fingerprint density at radius 1 is 1.31 bits per heavy atom. The molecule has 90 valence electrons. The molecule has 0 spiro atoms. The normalized spacial score (nSPS) is 27.9. The van der Waals surface area contributed by atoms with E-state index in [-0.39, 0.29) is 36.4 Å². The Morgan fingerprint density at radius 3 is 2.50 bits per heavy atom. The molecule has 5 nitrogen and oxygen atoms in total. The molecule has 2 heterocycles. The molecule has 0 aliphatic carbocycles. The van der Waals surface area contributed by atoms with Gasteiger partial charge in [-0.15, -0.1) is 11.6 Å². The number of likely N-dealkylation sites (tertiary alicyclic amines) is 1. The average molecular weight is 247 g/mol. The molecular formula is C10H15ClN2O3. The number of urea groups is 1. The fourth-order valence-electron chi connectivity index (χ4n) is 2.13. The molecule has 6 heteroatoms. The fourth-order valence-corrected chi connectivity index (χ4v) is 2.30. The lowest BCUT2D eigenvalue weighted by Crippen LogP contribution is -2.51. The smallest absolute Gasteiger partial charge is 0.324 e. The minimum absolute atomic E-state index is 0.146. The predicted molar refractivity (Wildman–Crippen MR) is 58.3 cm³/mol. The van der Waals surface area contributed by atoms with Crippen molar-refractivity contribution in [1.29, 1.82) is 0 Å². The fraction of sp³-hybridized carbons (Fsp3) is 0.800. The molecule has 2 bridgehead atoms. The second kappa shape index (κ2) is 5.01. The summed E-state index contributed by atoms with van der Waals surface area (Å²) >= 11 is 5.42. The molecule has 0 aromatic rings. The summed E-state index contributed by atoms with van der Waals surface area (Å²) in [6.45, 7) is 1.16. The standard InChI is InChI=1S/C10H15ClN2O3/c11-4-3-9(14)12-10(15)13-5-7-1-2-8(6-13)16-7/h7-8H,1-6H2,(H,12,14,15). The second-order valence-corrected chi connectivity index (χ2v) is 4.53. The molecule has 2 unspecified atom stereocenters. The highest BCUT2D eigenvalue weighted by Crippen LogP contribution is 2.25. The molecule has 2 rings (SSSR count). The Hall–Kier alpha value is -0.810. The lowest BCUT2D eigenvalue weighted by atomic mass is 10.2. The van der Waals surface area contributed by atoms with Crippen LogP contribution < -0.4 is 5.32 Å². The average Bonchev–Trinajstić information content (AvgIpc) is 2.58. The van der Waals surface area contributed by atoms with Crippen molar-refractivity contribution in [3.05, 3.63) is 0 Å². The first kappa shape index (κ1) is 11.7. The molecule has 2 atom stereocenters. The van der Waals surface area contributed by atoms with Crippen LogP contribution in [0.1, 0.15) is 19.3 Å². The van der Waals surface area contributed by atoms with Crippen molar-refractivity contribution in [3.63, 3.8) is 0 Å². The maximum Gasteiger partial charge on any atom is 0.324 e. The van der Waals surface area contributed by atoms with Gasteiger partial charge in [0.15, 0.2) is 0 Å². The van der Waals surface area contributed by atoms with Gasteiger partial charge in [0.25, 0.3) is 0 Å². The number of carbonyl (C=O) groups excluding carboxylic acids is 2. The van der Waals surface area contributed by atoms with Gasteiger partial charge in [0.1, 0.15) is 0 Å². The van der Waals surface area contributed by atoms with E-state index in [1.165, 1.54) is 0 Å². The van der Waals surface area contributed by atoms with E-state index in [4.69, 9.17) is 16.3 Å². The number of halogens is 1. The minimum Gasteiger partial charge on any atom is -0.371 e. The summed E-state index contributed by atoms with van der Waals surface area (Å²) in [6.07, 6.45) is 2.47. The molecule has 0 saturated carbocycles. The summed E-state index contributed by atoms with van der Waals surface area (Å²) in [4.78, 5) is 24.5. The van der Waals surface area contributed by atoms with Crippen molar-refractivity contribution in [2.24, 2.45) is 0 Å². The minimum atomic E-state index is -0.324. The Morgan fingerprint density at radius 2 is 1.94 bits per heavy atom. The van der Waals surface area contributed by atoms with Crippen molar-refractivity contribution < 1.29 is 14.3 Å². The van der Waals surface area contributed by atoms with Crippen molar-refractivity contribution in [2.75, 3.05) is 19.0 Å². The number of hydrogen-bond donors (Lipinski definition) is 1. The number of hydrogen-bond acceptors (Lipinski definition) is 3. The Kier molecular flexibility index (Phi) is 3.66. The van der Waals surface area contributed by atoms with Gasteiger partial charge in [0.05, 0.1) is 12.2 Å². The van der Waals surface area contributed by atoms with Gasteiger partial charge >= 0.3 is 6.03 Å². The maximum atomic E-state index is 11.7. The molecule has 1 N–H and O–H groups in total. The van der Waals surface area contributed by atoms with Crippen LogP contribution in [0, 0.1) is 0 Å². The van der Waals surface area contributed by atoms with Crippen LogP contribution in [0.15, 0.2) is 0 Å². The van der Waals surface area contributed by atoms with Crippen molar-refractivity contribution in [2.45, 2.75) is 31.5 Å². The lowest BCUT2D eigenvalue weighted by Gasteiger charge is -2.31. The number of rotatable bonds is 2. The van der Waals surface area contributed by atoms with Crippen molar-refractivity contribution >= 4 is 23.5 Å². The predicted octanol–water partition coefficient (Wildman–Crippen LogP) is 0.715. The molecule has 3 amide bonds. The molecule has 0 radical (unpaired) electrons. The number of carbonyl (C=O) groups is 2. The summed E-state index contributed by atoms with van der Waals surface area (Å²) in [7, 11) is 0. The van der Waals surface area contributed by atoms with Gasteiger partial charge in [-0.05, 0) is 12.8 Å². The zero-order valence-electron chi connectivity index (χ0n) is 8.95. The van der Waals surface area contributed by atoms with E-state index in [1.807, 2.05) is 0 Å². The van der Waals surface area contributed by atoms with Gasteiger partial charge in [0, 0.05) is 25.4 Å². The Labute approximate surface area is 99.1 Å². The van der Waals surface area contributed by atoms with Gasteiger partial charge in [-0.1, -0.05) is 0 Å². The number of amides is 3. The van der Waals surface area contributed by atoms with Gasteiger partial charge in [-0.3, -0.25) is 10.1 Å². The number of alkyl halides is 1. The Balaban J connectivity index is 1.83. The summed E-state index contributed by atoms with van der Waals surface area (Å²) in [5.41, 5.74) is 0. The highest BCUT2D eigenvalue weighted by molar-refractivity contribution is 6.19. The third-order valence-electron chi connectivity index (χ3n) is 2.90. The number of nitrogens with one attached hydrogen (secondary N) is 1. The maximum absolute atomic E-state index is 11.7. The first-order valence-corrected chi connectivity index (χ1v) is 6.02. The topological polar surface area (TPSA) is 58.6 Å². The summed E-state index contributed by atoms with van der Waals surface area (Å²) < 4.78 is 5.60. The van der Waals surface area contributed by atoms with E-state index >= 15 is 0 Å². The zero-order valence-corrected chi connectivity index (χ0v) is 9.70. The van der Waals surface area contributed by atoms with Crippen LogP contribution in [-0.4, -0.2) is 48.0 Å². The SMILES string of the molecule is O=C(CCCl)NC(=O)N1CC2CCC(C1)O2. The van der Waals surface area contributed by atoms with Crippen molar-refractivity contribution in [1.82, 2.24) is 10.2 Å². The lowest BCUT2D eigenvalue weighted by molar-refractivity contribution is -0.120. The molecule has 2 aliphatic rings. The number of fused-ring (bicyclic) bond motifs is 2. The van der Waals surface area contributed by atoms with E-state index in [1.54, 1.807) is 4.90 Å². The van der Waals surface area contributed by atoms with Gasteiger partial charge in [0.2, 0.25) is 5.91 Å². The van der Waals surface area contributed by atoms with E-state index in [0.717, 1.165) is 12.8 Å². The third kappa shape index (κ3) is 2.65.